The summed E-state index contributed by atoms with van der Waals surface area (Å²) in [6.07, 6.45) is 2.78. The van der Waals surface area contributed by atoms with Crippen LogP contribution in [0.1, 0.15) is 26.6 Å². The van der Waals surface area contributed by atoms with Gasteiger partial charge in [0.1, 0.15) is 23.9 Å². The molecule has 0 aliphatic rings. The van der Waals surface area contributed by atoms with Crippen LogP contribution in [-0.4, -0.2) is 63.6 Å². The topological polar surface area (TPSA) is 94.4 Å². The van der Waals surface area contributed by atoms with Gasteiger partial charge in [0.25, 0.3) is 0 Å². The second-order valence-corrected chi connectivity index (χ2v) is 8.65. The molecule has 0 atom stereocenters. The van der Waals surface area contributed by atoms with Gasteiger partial charge in [0.05, 0.1) is 6.20 Å². The van der Waals surface area contributed by atoms with Crippen molar-refractivity contribution in [3.05, 3.63) is 48.5 Å². The fourth-order valence-corrected chi connectivity index (χ4v) is 2.79. The molecule has 2 heterocycles. The summed E-state index contributed by atoms with van der Waals surface area (Å²) in [5.74, 6) is 1.82. The van der Waals surface area contributed by atoms with Crippen LogP contribution in [0.5, 0.6) is 5.88 Å². The molecule has 0 fully saturated rings. The van der Waals surface area contributed by atoms with Crippen molar-refractivity contribution in [3.63, 3.8) is 0 Å². The van der Waals surface area contributed by atoms with E-state index in [4.69, 9.17) is 9.47 Å². The standard InChI is InChI=1S/C23H30N6O3/c1-16-25-20(13-21(26-16)31-12-11-28(5)6)27-19-9-7-17(8-10-19)18-14-24-29(15-18)22(30)32-23(2,3)4/h7-10,13-15H,11-12H2,1-6H3,(H,25,26,27). The third-order valence-electron chi connectivity index (χ3n) is 4.26. The smallest absolute Gasteiger partial charge is 0.435 e. The Bertz CT molecular complexity index is 1050. The number of nitrogens with one attached hydrogen (secondary N) is 1. The van der Waals surface area contributed by atoms with Crippen LogP contribution >= 0.6 is 0 Å². The van der Waals surface area contributed by atoms with Gasteiger partial charge in [0.2, 0.25) is 5.88 Å². The van der Waals surface area contributed by atoms with E-state index in [0.717, 1.165) is 23.4 Å². The molecule has 2 aromatic heterocycles. The monoisotopic (exact) mass is 438 g/mol. The molecule has 0 radical (unpaired) electrons. The lowest BCUT2D eigenvalue weighted by Gasteiger charge is -2.18. The number of hydrogen-bond acceptors (Lipinski definition) is 8. The minimum absolute atomic E-state index is 0.509. The van der Waals surface area contributed by atoms with Gasteiger partial charge < -0.3 is 19.7 Å². The number of likely N-dealkylation sites (N-methyl/N-ethyl adjacent to an activating group) is 1. The average molecular weight is 439 g/mol. The first-order valence-corrected chi connectivity index (χ1v) is 10.4. The maximum atomic E-state index is 12.2. The molecule has 0 aliphatic carbocycles. The number of nitrogens with zero attached hydrogens (tertiary/aromatic N) is 5. The highest BCUT2D eigenvalue weighted by Crippen LogP contribution is 2.24. The molecule has 3 rings (SSSR count). The fourth-order valence-electron chi connectivity index (χ4n) is 2.79. The molecule has 9 nitrogen and oxygen atoms in total. The zero-order valence-electron chi connectivity index (χ0n) is 19.4. The van der Waals surface area contributed by atoms with Crippen LogP contribution in [0.3, 0.4) is 0 Å². The highest BCUT2D eigenvalue weighted by Gasteiger charge is 2.18. The van der Waals surface area contributed by atoms with Gasteiger partial charge in [-0.15, -0.1) is 0 Å². The molecule has 0 spiro atoms. The average Bonchev–Trinajstić information content (AvgIpc) is 3.17. The molecule has 0 aliphatic heterocycles. The number of rotatable bonds is 7. The molecule has 0 saturated carbocycles. The minimum Gasteiger partial charge on any atom is -0.476 e. The number of ether oxygens (including phenoxy) is 2. The van der Waals surface area contributed by atoms with Crippen LogP contribution in [0.2, 0.25) is 0 Å². The SMILES string of the molecule is Cc1nc(Nc2ccc(-c3cnn(C(=O)OC(C)(C)C)c3)cc2)cc(OCCN(C)C)n1. The number of anilines is 2. The number of aromatic nitrogens is 4. The lowest BCUT2D eigenvalue weighted by Crippen LogP contribution is -2.27. The maximum absolute atomic E-state index is 12.2. The predicted molar refractivity (Wildman–Crippen MR) is 123 cm³/mol. The Hall–Kier alpha value is -3.46. The second-order valence-electron chi connectivity index (χ2n) is 8.65. The van der Waals surface area contributed by atoms with E-state index in [2.05, 4.69) is 20.4 Å². The Morgan fingerprint density at radius 2 is 1.84 bits per heavy atom. The van der Waals surface area contributed by atoms with Crippen LogP contribution in [0, 0.1) is 6.92 Å². The number of benzene rings is 1. The van der Waals surface area contributed by atoms with Crippen molar-refractivity contribution in [2.75, 3.05) is 32.6 Å². The number of carbonyl (C=O) groups is 1. The van der Waals surface area contributed by atoms with Crippen LogP contribution in [0.15, 0.2) is 42.7 Å². The molecule has 9 heteroatoms. The molecule has 0 saturated heterocycles. The highest BCUT2D eigenvalue weighted by molar-refractivity contribution is 5.73. The second kappa shape index (κ2) is 9.78. The van der Waals surface area contributed by atoms with Gasteiger partial charge in [-0.1, -0.05) is 12.1 Å². The first kappa shape index (κ1) is 23.2. The largest absolute Gasteiger partial charge is 0.476 e. The Labute approximate surface area is 188 Å². The molecule has 0 bridgehead atoms. The molecule has 0 unspecified atom stereocenters. The van der Waals surface area contributed by atoms with E-state index in [1.807, 2.05) is 71.0 Å². The normalized spacial score (nSPS) is 11.5. The van der Waals surface area contributed by atoms with Crippen molar-refractivity contribution in [2.45, 2.75) is 33.3 Å². The summed E-state index contributed by atoms with van der Waals surface area (Å²) >= 11 is 0. The third-order valence-corrected chi connectivity index (χ3v) is 4.26. The lowest BCUT2D eigenvalue weighted by molar-refractivity contribution is 0.0514. The summed E-state index contributed by atoms with van der Waals surface area (Å²) in [5, 5.41) is 7.39. The van der Waals surface area contributed by atoms with Crippen molar-refractivity contribution < 1.29 is 14.3 Å². The van der Waals surface area contributed by atoms with E-state index >= 15 is 0 Å². The zero-order chi connectivity index (χ0) is 23.3. The molecule has 3 aromatic rings. The van der Waals surface area contributed by atoms with Gasteiger partial charge in [0, 0.05) is 30.1 Å². The molecule has 170 valence electrons. The van der Waals surface area contributed by atoms with Crippen molar-refractivity contribution in [3.8, 4) is 17.0 Å². The van der Waals surface area contributed by atoms with Gasteiger partial charge >= 0.3 is 6.09 Å². The summed E-state index contributed by atoms with van der Waals surface area (Å²) in [4.78, 5) is 23.0. The van der Waals surface area contributed by atoms with Crippen LogP contribution < -0.4 is 10.1 Å². The highest BCUT2D eigenvalue weighted by atomic mass is 16.6. The number of aryl methyl sites for hydroxylation is 1. The van der Waals surface area contributed by atoms with Crippen LogP contribution in [0.4, 0.5) is 16.3 Å². The van der Waals surface area contributed by atoms with Gasteiger partial charge in [0.15, 0.2) is 0 Å². The molecular formula is C23H30N6O3. The summed E-state index contributed by atoms with van der Waals surface area (Å²) in [5.41, 5.74) is 2.03. The van der Waals surface area contributed by atoms with Crippen LogP contribution in [0.25, 0.3) is 11.1 Å². The predicted octanol–water partition coefficient (Wildman–Crippen LogP) is 4.12. The Morgan fingerprint density at radius 3 is 2.50 bits per heavy atom. The van der Waals surface area contributed by atoms with Crippen molar-refractivity contribution in [2.24, 2.45) is 0 Å². The van der Waals surface area contributed by atoms with Gasteiger partial charge in [-0.25, -0.2) is 9.78 Å². The van der Waals surface area contributed by atoms with Gasteiger partial charge in [-0.05, 0) is 59.5 Å². The summed E-state index contributed by atoms with van der Waals surface area (Å²) in [7, 11) is 3.99. The van der Waals surface area contributed by atoms with Crippen molar-refractivity contribution >= 4 is 17.6 Å². The Morgan fingerprint density at radius 1 is 1.12 bits per heavy atom. The summed E-state index contributed by atoms with van der Waals surface area (Å²) in [6.45, 7) is 8.64. The molecule has 1 N–H and O–H groups in total. The lowest BCUT2D eigenvalue weighted by atomic mass is 10.1. The maximum Gasteiger partial charge on any atom is 0.435 e. The van der Waals surface area contributed by atoms with Crippen molar-refractivity contribution in [1.82, 2.24) is 24.6 Å². The fraction of sp³-hybridized carbons (Fsp3) is 0.391. The molecule has 0 amide bonds. The number of carbonyl (C=O) groups excluding carboxylic acids is 1. The van der Waals surface area contributed by atoms with E-state index in [9.17, 15) is 4.79 Å². The summed E-state index contributed by atoms with van der Waals surface area (Å²) in [6, 6.07) is 9.54. The molecule has 32 heavy (non-hydrogen) atoms. The van der Waals surface area contributed by atoms with E-state index in [-0.39, 0.29) is 0 Å². The van der Waals surface area contributed by atoms with Crippen LogP contribution in [-0.2, 0) is 4.74 Å². The van der Waals surface area contributed by atoms with E-state index < -0.39 is 11.7 Å². The molecular weight excluding hydrogens is 408 g/mol. The Balaban J connectivity index is 1.67. The van der Waals surface area contributed by atoms with Gasteiger partial charge in [-0.3, -0.25) is 0 Å². The van der Waals surface area contributed by atoms with Crippen molar-refractivity contribution in [1.29, 1.82) is 0 Å². The first-order chi connectivity index (χ1) is 15.1. The molecule has 1 aromatic carbocycles. The van der Waals surface area contributed by atoms with E-state index in [1.54, 1.807) is 18.5 Å². The third kappa shape index (κ3) is 6.78. The zero-order valence-corrected chi connectivity index (χ0v) is 19.4. The quantitative estimate of drug-likeness (QED) is 0.589. The van der Waals surface area contributed by atoms with E-state index in [1.165, 1.54) is 4.68 Å². The van der Waals surface area contributed by atoms with Gasteiger partial charge in [-0.2, -0.15) is 14.8 Å². The van der Waals surface area contributed by atoms with E-state index in [0.29, 0.717) is 24.1 Å². The Kier molecular flexibility index (Phi) is 7.09. The minimum atomic E-state index is -0.576. The first-order valence-electron chi connectivity index (χ1n) is 10.4. The summed E-state index contributed by atoms with van der Waals surface area (Å²) < 4.78 is 12.3. The number of hydrogen-bond donors (Lipinski definition) is 1.